The highest BCUT2D eigenvalue weighted by Crippen LogP contribution is 2.03. The fourth-order valence-corrected chi connectivity index (χ4v) is 0.714. The smallest absolute Gasteiger partial charge is 0.375 e. The molecule has 1 aliphatic heterocycles. The van der Waals surface area contributed by atoms with E-state index in [1.807, 2.05) is 0 Å². The van der Waals surface area contributed by atoms with Crippen LogP contribution in [0, 0.1) is 0 Å². The Morgan fingerprint density at radius 1 is 1.64 bits per heavy atom. The van der Waals surface area contributed by atoms with Gasteiger partial charge in [0.2, 0.25) is 0 Å². The number of hydrogen-bond donors (Lipinski definition) is 1. The minimum absolute atomic E-state index is 0.133. The molecule has 1 aliphatic rings. The van der Waals surface area contributed by atoms with Gasteiger partial charge in [0.1, 0.15) is 12.0 Å². The van der Waals surface area contributed by atoms with Gasteiger partial charge in [-0.2, -0.15) is 0 Å². The summed E-state index contributed by atoms with van der Waals surface area (Å²) in [5.41, 5.74) is 0. The van der Waals surface area contributed by atoms with E-state index in [2.05, 4.69) is 10.1 Å². The third-order valence-electron chi connectivity index (χ3n) is 1.21. The zero-order valence-electron chi connectivity index (χ0n) is 5.49. The van der Waals surface area contributed by atoms with Crippen molar-refractivity contribution in [3.05, 3.63) is 6.08 Å². The SMILES string of the molecule is O=C=CCC1NC(=O)OC1=O. The van der Waals surface area contributed by atoms with Crippen LogP contribution in [0.25, 0.3) is 0 Å². The van der Waals surface area contributed by atoms with Gasteiger partial charge in [0.25, 0.3) is 0 Å². The van der Waals surface area contributed by atoms with Crippen molar-refractivity contribution in [3.63, 3.8) is 0 Å². The number of hydrogen-bond acceptors (Lipinski definition) is 4. The average molecular weight is 155 g/mol. The minimum atomic E-state index is -0.765. The number of carbonyl (C=O) groups is 2. The van der Waals surface area contributed by atoms with Crippen LogP contribution in [-0.2, 0) is 14.3 Å². The van der Waals surface area contributed by atoms with Crippen LogP contribution in [0.4, 0.5) is 4.79 Å². The predicted octanol–water partition coefficient (Wildman–Crippen LogP) is -0.601. The largest absolute Gasteiger partial charge is 0.415 e. The van der Waals surface area contributed by atoms with Crippen LogP contribution in [0.15, 0.2) is 6.08 Å². The van der Waals surface area contributed by atoms with Crippen molar-refractivity contribution >= 4 is 18.0 Å². The van der Waals surface area contributed by atoms with Crippen LogP contribution < -0.4 is 5.32 Å². The molecule has 1 rings (SSSR count). The zero-order valence-corrected chi connectivity index (χ0v) is 5.49. The molecule has 1 heterocycles. The van der Waals surface area contributed by atoms with E-state index in [9.17, 15) is 14.4 Å². The van der Waals surface area contributed by atoms with Crippen LogP contribution in [0.3, 0.4) is 0 Å². The van der Waals surface area contributed by atoms with Gasteiger partial charge >= 0.3 is 12.1 Å². The summed E-state index contributed by atoms with van der Waals surface area (Å²) in [6.07, 6.45) is 0.491. The van der Waals surface area contributed by atoms with Crippen LogP contribution >= 0.6 is 0 Å². The number of esters is 1. The topological polar surface area (TPSA) is 72.5 Å². The maximum atomic E-state index is 10.6. The van der Waals surface area contributed by atoms with Gasteiger partial charge in [-0.25, -0.2) is 14.4 Å². The van der Waals surface area contributed by atoms with E-state index in [0.29, 0.717) is 0 Å². The van der Waals surface area contributed by atoms with E-state index in [1.165, 1.54) is 5.94 Å². The Bertz CT molecular complexity index is 241. The van der Waals surface area contributed by atoms with Crippen molar-refractivity contribution in [2.75, 3.05) is 0 Å². The summed E-state index contributed by atoms with van der Waals surface area (Å²) in [6, 6.07) is -0.719. The highest BCUT2D eigenvalue weighted by molar-refractivity contribution is 5.95. The van der Waals surface area contributed by atoms with Gasteiger partial charge in [0.05, 0.1) is 0 Å². The lowest BCUT2D eigenvalue weighted by atomic mass is 10.2. The maximum absolute atomic E-state index is 10.6. The van der Waals surface area contributed by atoms with Gasteiger partial charge < -0.3 is 10.1 Å². The highest BCUT2D eigenvalue weighted by Gasteiger charge is 2.31. The first-order valence-corrected chi connectivity index (χ1v) is 2.95. The molecular weight excluding hydrogens is 150 g/mol. The molecule has 5 nitrogen and oxygen atoms in total. The molecule has 0 spiro atoms. The summed E-state index contributed by atoms with van der Waals surface area (Å²) in [5, 5.41) is 2.22. The summed E-state index contributed by atoms with van der Waals surface area (Å²) in [4.78, 5) is 30.7. The fraction of sp³-hybridized carbons (Fsp3) is 0.333. The lowest BCUT2D eigenvalue weighted by Crippen LogP contribution is -2.27. The van der Waals surface area contributed by atoms with E-state index >= 15 is 0 Å². The third kappa shape index (κ3) is 1.65. The Morgan fingerprint density at radius 2 is 2.36 bits per heavy atom. The molecule has 1 fully saturated rings. The second kappa shape index (κ2) is 2.98. The summed E-state index contributed by atoms with van der Waals surface area (Å²) >= 11 is 0. The summed E-state index contributed by atoms with van der Waals surface area (Å²) in [5.74, 6) is 0.845. The first-order valence-electron chi connectivity index (χ1n) is 2.95. The summed E-state index contributed by atoms with van der Waals surface area (Å²) in [6.45, 7) is 0. The average Bonchev–Trinajstić information content (AvgIpc) is 2.26. The molecule has 0 aromatic rings. The van der Waals surface area contributed by atoms with Gasteiger partial charge in [0, 0.05) is 12.5 Å². The lowest BCUT2D eigenvalue weighted by molar-refractivity contribution is -0.135. The van der Waals surface area contributed by atoms with Crippen LogP contribution in [0.2, 0.25) is 0 Å². The van der Waals surface area contributed by atoms with Crippen molar-refractivity contribution in [2.24, 2.45) is 0 Å². The quantitative estimate of drug-likeness (QED) is 0.328. The van der Waals surface area contributed by atoms with Gasteiger partial charge in [-0.1, -0.05) is 0 Å². The van der Waals surface area contributed by atoms with E-state index in [4.69, 9.17) is 0 Å². The molecule has 1 atom stereocenters. The van der Waals surface area contributed by atoms with Crippen molar-refractivity contribution in [2.45, 2.75) is 12.5 Å². The van der Waals surface area contributed by atoms with Gasteiger partial charge in [-0.15, -0.1) is 0 Å². The Hall–Kier alpha value is -1.61. The summed E-state index contributed by atoms with van der Waals surface area (Å²) < 4.78 is 4.13. The van der Waals surface area contributed by atoms with Crippen molar-refractivity contribution in [1.29, 1.82) is 0 Å². The number of cyclic esters (lactones) is 2. The molecule has 0 aliphatic carbocycles. The molecule has 1 amide bonds. The second-order valence-electron chi connectivity index (χ2n) is 1.96. The molecule has 0 aromatic carbocycles. The highest BCUT2D eigenvalue weighted by atomic mass is 16.6. The zero-order chi connectivity index (χ0) is 8.27. The van der Waals surface area contributed by atoms with Gasteiger partial charge in [0.15, 0.2) is 0 Å². The summed E-state index contributed by atoms with van der Waals surface area (Å²) in [7, 11) is 0. The van der Waals surface area contributed by atoms with E-state index < -0.39 is 18.1 Å². The van der Waals surface area contributed by atoms with Crippen molar-refractivity contribution in [1.82, 2.24) is 5.32 Å². The molecule has 1 saturated heterocycles. The molecule has 11 heavy (non-hydrogen) atoms. The van der Waals surface area contributed by atoms with E-state index in [-0.39, 0.29) is 6.42 Å². The molecule has 1 N–H and O–H groups in total. The monoisotopic (exact) mass is 155 g/mol. The molecule has 0 aromatic heterocycles. The molecule has 58 valence electrons. The van der Waals surface area contributed by atoms with Gasteiger partial charge in [-0.05, 0) is 0 Å². The predicted molar refractivity (Wildman–Crippen MR) is 33.3 cm³/mol. The molecule has 5 heteroatoms. The number of amides is 1. The Labute approximate surface area is 62.0 Å². The van der Waals surface area contributed by atoms with E-state index in [0.717, 1.165) is 6.08 Å². The molecular formula is C6H5NO4. The molecule has 0 saturated carbocycles. The lowest BCUT2D eigenvalue weighted by Gasteiger charge is -1.96. The van der Waals surface area contributed by atoms with Crippen LogP contribution in [0.1, 0.15) is 6.42 Å². The fourth-order valence-electron chi connectivity index (χ4n) is 0.714. The first kappa shape index (κ1) is 7.50. The van der Waals surface area contributed by atoms with Crippen LogP contribution in [0.5, 0.6) is 0 Å². The third-order valence-corrected chi connectivity index (χ3v) is 1.21. The first-order chi connectivity index (χ1) is 5.24. The Balaban J connectivity index is 2.53. The Kier molecular flexibility index (Phi) is 2.03. The number of alkyl carbamates (subject to hydrolysis) is 1. The number of ether oxygens (including phenoxy) is 1. The minimum Gasteiger partial charge on any atom is -0.375 e. The van der Waals surface area contributed by atoms with Crippen molar-refractivity contribution in [3.8, 4) is 0 Å². The second-order valence-corrected chi connectivity index (χ2v) is 1.96. The number of rotatable bonds is 2. The normalized spacial score (nSPS) is 22.0. The molecule has 0 bridgehead atoms. The Morgan fingerprint density at radius 3 is 2.82 bits per heavy atom. The van der Waals surface area contributed by atoms with Crippen molar-refractivity contribution < 1.29 is 19.1 Å². The maximum Gasteiger partial charge on any atom is 0.415 e. The van der Waals surface area contributed by atoms with E-state index in [1.54, 1.807) is 0 Å². The standard InChI is InChI=1S/C6H5NO4/c8-3-1-2-4-5(9)11-6(10)7-4/h1,4H,2H2,(H,7,10). The molecule has 0 radical (unpaired) electrons. The molecule has 1 unspecified atom stereocenters. The van der Waals surface area contributed by atoms with Crippen LogP contribution in [-0.4, -0.2) is 24.0 Å². The number of carbonyl (C=O) groups excluding carboxylic acids is 3. The number of nitrogens with one attached hydrogen (secondary N) is 1. The van der Waals surface area contributed by atoms with Gasteiger partial charge in [-0.3, -0.25) is 0 Å².